The number of carbonyl (C=O) groups excluding carboxylic acids is 1. The number of carbonyl (C=O) groups is 1. The van der Waals surface area contributed by atoms with Crippen LogP contribution in [0.2, 0.25) is 0 Å². The van der Waals surface area contributed by atoms with Crippen LogP contribution in [0.3, 0.4) is 0 Å². The van der Waals surface area contributed by atoms with E-state index in [4.69, 9.17) is 4.74 Å². The van der Waals surface area contributed by atoms with Gasteiger partial charge in [0.2, 0.25) is 0 Å². The summed E-state index contributed by atoms with van der Waals surface area (Å²) in [7, 11) is 0. The molecule has 0 heterocycles. The first-order valence-corrected chi connectivity index (χ1v) is 7.33. The van der Waals surface area contributed by atoms with Crippen molar-refractivity contribution in [3.8, 4) is 0 Å². The van der Waals surface area contributed by atoms with E-state index in [0.29, 0.717) is 6.42 Å². The summed E-state index contributed by atoms with van der Waals surface area (Å²) >= 11 is 0.773. The number of rotatable bonds is 6. The molecule has 0 fully saturated rings. The smallest absolute Gasteiger partial charge is 0.407 e. The van der Waals surface area contributed by atoms with E-state index in [9.17, 15) is 18.0 Å². The first-order valence-electron chi connectivity index (χ1n) is 6.17. The molecule has 114 valence electrons. The largest absolute Gasteiger partial charge is 0.444 e. The number of hydrogen-bond acceptors (Lipinski definition) is 3. The Balaban J connectivity index is 4.15. The fourth-order valence-corrected chi connectivity index (χ4v) is 2.22. The lowest BCUT2D eigenvalue weighted by molar-refractivity contribution is -0.105. The van der Waals surface area contributed by atoms with E-state index in [0.717, 1.165) is 18.2 Å². The Morgan fingerprint density at radius 3 is 2.32 bits per heavy atom. The molecule has 0 unspecified atom stereocenters. The summed E-state index contributed by atoms with van der Waals surface area (Å²) in [5.41, 5.74) is -0.611. The van der Waals surface area contributed by atoms with Crippen molar-refractivity contribution in [3.63, 3.8) is 0 Å². The predicted molar refractivity (Wildman–Crippen MR) is 71.4 cm³/mol. The number of ether oxygens (including phenoxy) is 1. The molecule has 19 heavy (non-hydrogen) atoms. The van der Waals surface area contributed by atoms with Gasteiger partial charge in [0.05, 0.1) is 5.75 Å². The maximum absolute atomic E-state index is 12.0. The van der Waals surface area contributed by atoms with Gasteiger partial charge in [-0.05, 0) is 27.2 Å². The maximum atomic E-state index is 12.0. The molecule has 0 saturated heterocycles. The molecule has 0 aliphatic rings. The van der Waals surface area contributed by atoms with Gasteiger partial charge in [-0.25, -0.2) is 4.79 Å². The van der Waals surface area contributed by atoms with E-state index in [2.05, 4.69) is 5.32 Å². The van der Waals surface area contributed by atoms with Crippen molar-refractivity contribution in [1.29, 1.82) is 0 Å². The monoisotopic (exact) mass is 301 g/mol. The predicted octanol–water partition coefficient (Wildman–Crippen LogP) is 3.98. The highest BCUT2D eigenvalue weighted by Crippen LogP contribution is 2.22. The Morgan fingerprint density at radius 2 is 1.89 bits per heavy atom. The van der Waals surface area contributed by atoms with Crippen LogP contribution in [0.15, 0.2) is 0 Å². The van der Waals surface area contributed by atoms with E-state index >= 15 is 0 Å². The second kappa shape index (κ2) is 7.87. The SMILES string of the molecule is CCC[C@H](CSCC(F)(F)F)NC(=O)OC(C)(C)C. The second-order valence-electron chi connectivity index (χ2n) is 5.26. The average molecular weight is 301 g/mol. The minimum atomic E-state index is -4.17. The Hall–Kier alpha value is -0.590. The van der Waals surface area contributed by atoms with Crippen molar-refractivity contribution in [2.45, 2.75) is 58.4 Å². The Bertz CT molecular complexity index is 277. The summed E-state index contributed by atoms with van der Waals surface area (Å²) in [6.07, 6.45) is -3.34. The van der Waals surface area contributed by atoms with Crippen LogP contribution in [0.4, 0.5) is 18.0 Å². The molecule has 0 bridgehead atoms. The lowest BCUT2D eigenvalue weighted by Gasteiger charge is -2.23. The van der Waals surface area contributed by atoms with Gasteiger partial charge in [0.15, 0.2) is 0 Å². The van der Waals surface area contributed by atoms with Gasteiger partial charge in [0.25, 0.3) is 0 Å². The van der Waals surface area contributed by atoms with Crippen LogP contribution in [0.1, 0.15) is 40.5 Å². The summed E-state index contributed by atoms with van der Waals surface area (Å²) < 4.78 is 41.2. The average Bonchev–Trinajstić information content (AvgIpc) is 2.12. The van der Waals surface area contributed by atoms with Crippen molar-refractivity contribution < 1.29 is 22.7 Å². The van der Waals surface area contributed by atoms with Crippen molar-refractivity contribution in [3.05, 3.63) is 0 Å². The standard InChI is InChI=1S/C12H22F3NO2S/c1-5-6-9(7-19-8-12(13,14)15)16-10(17)18-11(2,3)4/h9H,5-8H2,1-4H3,(H,16,17)/t9-/m1/s1. The third kappa shape index (κ3) is 12.2. The molecule has 0 aliphatic carbocycles. The Morgan fingerprint density at radius 1 is 1.32 bits per heavy atom. The minimum Gasteiger partial charge on any atom is -0.444 e. The van der Waals surface area contributed by atoms with Gasteiger partial charge in [-0.1, -0.05) is 13.3 Å². The zero-order valence-corrected chi connectivity index (χ0v) is 12.6. The van der Waals surface area contributed by atoms with E-state index in [-0.39, 0.29) is 11.8 Å². The molecule has 1 N–H and O–H groups in total. The highest BCUT2D eigenvalue weighted by Gasteiger charge is 2.27. The van der Waals surface area contributed by atoms with Crippen LogP contribution >= 0.6 is 11.8 Å². The van der Waals surface area contributed by atoms with E-state index in [1.807, 2.05) is 6.92 Å². The van der Waals surface area contributed by atoms with Crippen LogP contribution in [0, 0.1) is 0 Å². The molecule has 0 aromatic carbocycles. The Kier molecular flexibility index (Phi) is 7.62. The summed E-state index contributed by atoms with van der Waals surface area (Å²) in [6, 6.07) is -0.299. The molecule has 0 spiro atoms. The van der Waals surface area contributed by atoms with Crippen molar-refractivity contribution in [1.82, 2.24) is 5.32 Å². The minimum absolute atomic E-state index is 0.229. The molecule has 1 atom stereocenters. The van der Waals surface area contributed by atoms with Crippen LogP contribution in [0.5, 0.6) is 0 Å². The van der Waals surface area contributed by atoms with Gasteiger partial charge in [-0.15, -0.1) is 0 Å². The van der Waals surface area contributed by atoms with Crippen LogP contribution in [-0.4, -0.2) is 35.4 Å². The lowest BCUT2D eigenvalue weighted by Crippen LogP contribution is -2.40. The number of alkyl halides is 3. The number of nitrogens with one attached hydrogen (secondary N) is 1. The number of hydrogen-bond donors (Lipinski definition) is 1. The molecule has 0 rings (SSSR count). The van der Waals surface area contributed by atoms with Crippen molar-refractivity contribution in [2.75, 3.05) is 11.5 Å². The molecule has 1 amide bonds. The third-order valence-electron chi connectivity index (χ3n) is 1.94. The molecule has 0 aromatic heterocycles. The lowest BCUT2D eigenvalue weighted by atomic mass is 10.2. The van der Waals surface area contributed by atoms with Crippen LogP contribution < -0.4 is 5.32 Å². The second-order valence-corrected chi connectivity index (χ2v) is 6.29. The number of thioether (sulfide) groups is 1. The zero-order valence-electron chi connectivity index (χ0n) is 11.8. The van der Waals surface area contributed by atoms with Crippen LogP contribution in [0.25, 0.3) is 0 Å². The number of halogens is 3. The highest BCUT2D eigenvalue weighted by molar-refractivity contribution is 7.99. The van der Waals surface area contributed by atoms with E-state index in [1.54, 1.807) is 20.8 Å². The van der Waals surface area contributed by atoms with E-state index in [1.165, 1.54) is 0 Å². The first kappa shape index (κ1) is 18.4. The van der Waals surface area contributed by atoms with Crippen molar-refractivity contribution >= 4 is 17.9 Å². The molecule has 0 aliphatic heterocycles. The van der Waals surface area contributed by atoms with Gasteiger partial charge in [0.1, 0.15) is 5.60 Å². The van der Waals surface area contributed by atoms with Gasteiger partial charge in [-0.3, -0.25) is 0 Å². The molecule has 3 nitrogen and oxygen atoms in total. The highest BCUT2D eigenvalue weighted by atomic mass is 32.2. The van der Waals surface area contributed by atoms with E-state index < -0.39 is 23.6 Å². The van der Waals surface area contributed by atoms with Gasteiger partial charge in [0, 0.05) is 11.8 Å². The normalized spacial score (nSPS) is 14.1. The third-order valence-corrected chi connectivity index (χ3v) is 3.11. The van der Waals surface area contributed by atoms with Gasteiger partial charge < -0.3 is 10.1 Å². The first-order chi connectivity index (χ1) is 8.53. The molecule has 0 aromatic rings. The fourth-order valence-electron chi connectivity index (χ4n) is 1.34. The van der Waals surface area contributed by atoms with Gasteiger partial charge >= 0.3 is 12.3 Å². The summed E-state index contributed by atoms with van der Waals surface area (Å²) in [6.45, 7) is 7.12. The molecular weight excluding hydrogens is 279 g/mol. The quantitative estimate of drug-likeness (QED) is 0.806. The van der Waals surface area contributed by atoms with Crippen LogP contribution in [-0.2, 0) is 4.74 Å². The maximum Gasteiger partial charge on any atom is 0.407 e. The molecule has 0 radical (unpaired) electrons. The number of amides is 1. The fraction of sp³-hybridized carbons (Fsp3) is 0.917. The molecule has 0 saturated carbocycles. The summed E-state index contributed by atoms with van der Waals surface area (Å²) in [5, 5.41) is 2.61. The number of alkyl carbamates (subject to hydrolysis) is 1. The Labute approximate surface area is 116 Å². The van der Waals surface area contributed by atoms with Crippen molar-refractivity contribution in [2.24, 2.45) is 0 Å². The summed E-state index contributed by atoms with van der Waals surface area (Å²) in [4.78, 5) is 11.5. The van der Waals surface area contributed by atoms with Gasteiger partial charge in [-0.2, -0.15) is 24.9 Å². The molecule has 7 heteroatoms. The topological polar surface area (TPSA) is 38.3 Å². The zero-order chi connectivity index (χ0) is 15.1. The molecular formula is C12H22F3NO2S. The summed E-state index contributed by atoms with van der Waals surface area (Å²) in [5.74, 6) is -0.671.